The number of hydrogen-bond donors (Lipinski definition) is 2. The van der Waals surface area contributed by atoms with Crippen LogP contribution in [0.2, 0.25) is 0 Å². The summed E-state index contributed by atoms with van der Waals surface area (Å²) in [5.41, 5.74) is 0. The van der Waals surface area contributed by atoms with Crippen LogP contribution >= 0.6 is 0 Å². The maximum absolute atomic E-state index is 11.4. The molecule has 3 nitrogen and oxygen atoms in total. The molecule has 3 heteroatoms. The molecule has 1 atom stereocenters. The molecule has 15 heavy (non-hydrogen) atoms. The molecule has 1 amide bonds. The molecule has 0 bridgehead atoms. The van der Waals surface area contributed by atoms with Gasteiger partial charge in [-0.1, -0.05) is 26.7 Å². The molecule has 1 fully saturated rings. The van der Waals surface area contributed by atoms with Crippen molar-refractivity contribution in [2.45, 2.75) is 46.1 Å². The molecule has 2 N–H and O–H groups in total. The fourth-order valence-corrected chi connectivity index (χ4v) is 1.58. The molecule has 1 saturated carbocycles. The van der Waals surface area contributed by atoms with Crippen molar-refractivity contribution in [2.75, 3.05) is 13.1 Å². The Morgan fingerprint density at radius 3 is 2.53 bits per heavy atom. The maximum Gasteiger partial charge on any atom is 0.233 e. The lowest BCUT2D eigenvalue weighted by atomic mass is 10.1. The van der Waals surface area contributed by atoms with Gasteiger partial charge in [0.25, 0.3) is 0 Å². The van der Waals surface area contributed by atoms with Gasteiger partial charge in [-0.25, -0.2) is 0 Å². The summed E-state index contributed by atoms with van der Waals surface area (Å²) >= 11 is 0. The second-order valence-electron chi connectivity index (χ2n) is 5.16. The Morgan fingerprint density at radius 1 is 1.33 bits per heavy atom. The number of amides is 1. The maximum atomic E-state index is 11.4. The van der Waals surface area contributed by atoms with E-state index in [2.05, 4.69) is 31.4 Å². The van der Waals surface area contributed by atoms with Gasteiger partial charge in [0.2, 0.25) is 5.91 Å². The second kappa shape index (κ2) is 6.11. The van der Waals surface area contributed by atoms with Gasteiger partial charge in [0.15, 0.2) is 0 Å². The van der Waals surface area contributed by atoms with E-state index in [9.17, 15) is 4.79 Å². The van der Waals surface area contributed by atoms with E-state index in [1.807, 2.05) is 0 Å². The molecule has 0 aromatic carbocycles. The number of rotatable bonds is 7. The largest absolute Gasteiger partial charge is 0.355 e. The summed E-state index contributed by atoms with van der Waals surface area (Å²) in [6.45, 7) is 7.60. The summed E-state index contributed by atoms with van der Waals surface area (Å²) in [6.07, 6.45) is 3.98. The van der Waals surface area contributed by atoms with Gasteiger partial charge in [-0.15, -0.1) is 0 Å². The number of carbonyl (C=O) groups excluding carboxylic acids is 1. The number of hydrogen-bond acceptors (Lipinski definition) is 2. The first-order valence-corrected chi connectivity index (χ1v) is 6.08. The van der Waals surface area contributed by atoms with Crippen LogP contribution in [0.5, 0.6) is 0 Å². The van der Waals surface area contributed by atoms with Gasteiger partial charge in [-0.2, -0.15) is 0 Å². The van der Waals surface area contributed by atoms with Crippen LogP contribution in [0, 0.1) is 11.8 Å². The van der Waals surface area contributed by atoms with Crippen LogP contribution in [0.4, 0.5) is 0 Å². The number of nitrogens with one attached hydrogen (secondary N) is 2. The van der Waals surface area contributed by atoms with Crippen LogP contribution in [0.15, 0.2) is 0 Å². The first-order chi connectivity index (χ1) is 7.08. The average Bonchev–Trinajstić information content (AvgIpc) is 2.95. The van der Waals surface area contributed by atoms with Crippen LogP contribution < -0.4 is 10.6 Å². The molecule has 88 valence electrons. The fourth-order valence-electron chi connectivity index (χ4n) is 1.58. The first-order valence-electron chi connectivity index (χ1n) is 6.08. The molecule has 0 heterocycles. The minimum Gasteiger partial charge on any atom is -0.355 e. The third-order valence-corrected chi connectivity index (χ3v) is 2.70. The van der Waals surface area contributed by atoms with Crippen molar-refractivity contribution in [2.24, 2.45) is 11.8 Å². The van der Waals surface area contributed by atoms with E-state index in [4.69, 9.17) is 0 Å². The molecule has 0 spiro atoms. The molecule has 0 aromatic rings. The van der Waals surface area contributed by atoms with E-state index in [0.29, 0.717) is 18.5 Å². The minimum absolute atomic E-state index is 0.117. The van der Waals surface area contributed by atoms with Crippen molar-refractivity contribution in [3.05, 3.63) is 0 Å². The lowest BCUT2D eigenvalue weighted by Gasteiger charge is -2.13. The zero-order chi connectivity index (χ0) is 11.3. The summed E-state index contributed by atoms with van der Waals surface area (Å²) in [6, 6.07) is 0.474. The Morgan fingerprint density at radius 2 is 2.00 bits per heavy atom. The minimum atomic E-state index is 0.117. The molecule has 1 rings (SSSR count). The van der Waals surface area contributed by atoms with Gasteiger partial charge < -0.3 is 10.6 Å². The quantitative estimate of drug-likeness (QED) is 0.672. The Bertz CT molecular complexity index is 200. The predicted molar refractivity (Wildman–Crippen MR) is 62.7 cm³/mol. The van der Waals surface area contributed by atoms with Crippen molar-refractivity contribution < 1.29 is 4.79 Å². The van der Waals surface area contributed by atoms with Gasteiger partial charge in [0.1, 0.15) is 0 Å². The summed E-state index contributed by atoms with van der Waals surface area (Å²) in [5, 5.41) is 6.17. The highest BCUT2D eigenvalue weighted by molar-refractivity contribution is 5.77. The number of carbonyl (C=O) groups is 1. The van der Waals surface area contributed by atoms with Crippen LogP contribution in [0.1, 0.15) is 40.0 Å². The van der Waals surface area contributed by atoms with E-state index >= 15 is 0 Å². The topological polar surface area (TPSA) is 41.1 Å². The Kier molecular flexibility index (Phi) is 5.09. The molecule has 1 aliphatic rings. The van der Waals surface area contributed by atoms with Gasteiger partial charge in [-0.05, 0) is 25.2 Å². The Hall–Kier alpha value is -0.570. The molecule has 1 unspecified atom stereocenters. The predicted octanol–water partition coefficient (Wildman–Crippen LogP) is 1.54. The third-order valence-electron chi connectivity index (χ3n) is 2.70. The van der Waals surface area contributed by atoms with Gasteiger partial charge in [0, 0.05) is 12.6 Å². The first kappa shape index (κ1) is 12.5. The molecule has 0 aliphatic heterocycles. The van der Waals surface area contributed by atoms with E-state index in [1.165, 1.54) is 19.3 Å². The zero-order valence-corrected chi connectivity index (χ0v) is 10.2. The Balaban J connectivity index is 1.99. The SMILES string of the molecule is CC(C)CNC(=O)CNC(C)CC1CC1. The van der Waals surface area contributed by atoms with E-state index in [-0.39, 0.29) is 5.91 Å². The van der Waals surface area contributed by atoms with Crippen molar-refractivity contribution in [1.82, 2.24) is 10.6 Å². The zero-order valence-electron chi connectivity index (χ0n) is 10.2. The molecule has 0 radical (unpaired) electrons. The van der Waals surface area contributed by atoms with Crippen LogP contribution in [0.25, 0.3) is 0 Å². The van der Waals surface area contributed by atoms with E-state index in [0.717, 1.165) is 12.5 Å². The summed E-state index contributed by atoms with van der Waals surface area (Å²) < 4.78 is 0. The highest BCUT2D eigenvalue weighted by Crippen LogP contribution is 2.33. The highest BCUT2D eigenvalue weighted by Gasteiger charge is 2.23. The van der Waals surface area contributed by atoms with Crippen molar-refractivity contribution >= 4 is 5.91 Å². The van der Waals surface area contributed by atoms with Crippen LogP contribution in [0.3, 0.4) is 0 Å². The molecular formula is C12H24N2O. The Labute approximate surface area is 93.0 Å². The summed E-state index contributed by atoms with van der Waals surface area (Å²) in [7, 11) is 0. The average molecular weight is 212 g/mol. The lowest BCUT2D eigenvalue weighted by molar-refractivity contribution is -0.120. The third kappa shape index (κ3) is 6.50. The fraction of sp³-hybridized carbons (Fsp3) is 0.917. The van der Waals surface area contributed by atoms with Crippen LogP contribution in [-0.2, 0) is 4.79 Å². The molecule has 0 saturated heterocycles. The standard InChI is InChI=1S/C12H24N2O/c1-9(2)7-14-12(15)8-13-10(3)6-11-4-5-11/h9-11,13H,4-8H2,1-3H3,(H,14,15). The molecule has 0 aromatic heterocycles. The summed E-state index contributed by atoms with van der Waals surface area (Å²) in [5.74, 6) is 1.57. The monoisotopic (exact) mass is 212 g/mol. The van der Waals surface area contributed by atoms with Crippen molar-refractivity contribution in [3.63, 3.8) is 0 Å². The van der Waals surface area contributed by atoms with Crippen LogP contribution in [-0.4, -0.2) is 25.0 Å². The van der Waals surface area contributed by atoms with Gasteiger partial charge >= 0.3 is 0 Å². The molecule has 1 aliphatic carbocycles. The van der Waals surface area contributed by atoms with Gasteiger partial charge in [0.05, 0.1) is 6.54 Å². The van der Waals surface area contributed by atoms with E-state index in [1.54, 1.807) is 0 Å². The smallest absolute Gasteiger partial charge is 0.233 e. The lowest BCUT2D eigenvalue weighted by Crippen LogP contribution is -2.39. The highest BCUT2D eigenvalue weighted by atomic mass is 16.1. The summed E-state index contributed by atoms with van der Waals surface area (Å²) in [4.78, 5) is 11.4. The van der Waals surface area contributed by atoms with E-state index < -0.39 is 0 Å². The van der Waals surface area contributed by atoms with Gasteiger partial charge in [-0.3, -0.25) is 4.79 Å². The molecular weight excluding hydrogens is 188 g/mol. The van der Waals surface area contributed by atoms with Crippen molar-refractivity contribution in [3.8, 4) is 0 Å². The normalized spacial score (nSPS) is 17.9. The van der Waals surface area contributed by atoms with Crippen molar-refractivity contribution in [1.29, 1.82) is 0 Å². The second-order valence-corrected chi connectivity index (χ2v) is 5.16.